The molecule has 0 unspecified atom stereocenters. The minimum absolute atomic E-state index is 0.0198. The van der Waals surface area contributed by atoms with Gasteiger partial charge in [-0.1, -0.05) is 30.3 Å². The average Bonchev–Trinajstić information content (AvgIpc) is 3.29. The lowest BCUT2D eigenvalue weighted by atomic mass is 10.1. The van der Waals surface area contributed by atoms with Crippen LogP contribution in [0.5, 0.6) is 0 Å². The number of benzene rings is 2. The molecule has 0 fully saturated rings. The van der Waals surface area contributed by atoms with Gasteiger partial charge in [-0.25, -0.2) is 4.98 Å². The molecule has 0 atom stereocenters. The van der Waals surface area contributed by atoms with Crippen molar-refractivity contribution in [2.45, 2.75) is 13.0 Å². The molecule has 2 aromatic heterocycles. The largest absolute Gasteiger partial charge is 0.354 e. The number of carbonyl (C=O) groups is 2. The van der Waals surface area contributed by atoms with Gasteiger partial charge in [0.25, 0.3) is 5.91 Å². The summed E-state index contributed by atoms with van der Waals surface area (Å²) in [6.07, 6.45) is 5.10. The van der Waals surface area contributed by atoms with Crippen LogP contribution in [0.2, 0.25) is 0 Å². The van der Waals surface area contributed by atoms with Crippen molar-refractivity contribution >= 4 is 17.5 Å². The Morgan fingerprint density at radius 1 is 0.969 bits per heavy atom. The second-order valence-corrected chi connectivity index (χ2v) is 6.85. The summed E-state index contributed by atoms with van der Waals surface area (Å²) in [5, 5.41) is 17.8. The van der Waals surface area contributed by atoms with Gasteiger partial charge in [-0.05, 0) is 41.5 Å². The van der Waals surface area contributed by atoms with Gasteiger partial charge in [0.1, 0.15) is 12.2 Å². The number of hydrogen-bond donors (Lipinski definition) is 2. The Kier molecular flexibility index (Phi) is 6.51. The monoisotopic (exact) mass is 428 g/mol. The minimum Gasteiger partial charge on any atom is -0.354 e. The molecule has 2 amide bonds. The zero-order valence-electron chi connectivity index (χ0n) is 17.0. The van der Waals surface area contributed by atoms with Gasteiger partial charge in [0, 0.05) is 30.2 Å². The Bertz CT molecular complexity index is 1180. The number of carbonyl (C=O) groups excluding carboxylic acids is 2. The minimum atomic E-state index is -0.354. The zero-order chi connectivity index (χ0) is 22.2. The van der Waals surface area contributed by atoms with E-state index in [2.05, 4.69) is 36.0 Å². The van der Waals surface area contributed by atoms with Gasteiger partial charge in [0.05, 0.1) is 6.20 Å². The number of rotatable bonds is 8. The summed E-state index contributed by atoms with van der Waals surface area (Å²) in [5.74, 6) is -0.158. The topological polar surface area (TPSA) is 128 Å². The SMILES string of the molecule is O=C(Cn1nnc(-c2ccc(NC(=O)c3cnccn3)cc2)n1)NCCc1ccccc1. The number of amides is 2. The van der Waals surface area contributed by atoms with Gasteiger partial charge in [0.15, 0.2) is 0 Å². The Labute approximate surface area is 183 Å². The standard InChI is InChI=1S/C22H20N8O2/c31-20(25-11-10-16-4-2-1-3-5-16)15-30-28-21(27-29-30)17-6-8-18(9-7-17)26-22(32)19-14-23-12-13-24-19/h1-9,12-14H,10-11,15H2,(H,25,31)(H,26,32). The van der Waals surface area contributed by atoms with Gasteiger partial charge in [-0.2, -0.15) is 4.80 Å². The van der Waals surface area contributed by atoms with E-state index in [9.17, 15) is 9.59 Å². The van der Waals surface area contributed by atoms with Gasteiger partial charge < -0.3 is 10.6 Å². The summed E-state index contributed by atoms with van der Waals surface area (Å²) in [7, 11) is 0. The Morgan fingerprint density at radius 3 is 2.53 bits per heavy atom. The van der Waals surface area contributed by atoms with Crippen molar-refractivity contribution in [3.05, 3.63) is 84.4 Å². The molecular weight excluding hydrogens is 408 g/mol. The van der Waals surface area contributed by atoms with Crippen LogP contribution >= 0.6 is 0 Å². The number of hydrogen-bond acceptors (Lipinski definition) is 7. The fraction of sp³-hybridized carbons (Fsp3) is 0.136. The fourth-order valence-electron chi connectivity index (χ4n) is 2.92. The van der Waals surface area contributed by atoms with Gasteiger partial charge in [-0.15, -0.1) is 10.2 Å². The second kappa shape index (κ2) is 10.0. The quantitative estimate of drug-likeness (QED) is 0.437. The third-order valence-corrected chi connectivity index (χ3v) is 4.51. The molecule has 10 nitrogen and oxygen atoms in total. The van der Waals surface area contributed by atoms with Crippen molar-refractivity contribution < 1.29 is 9.59 Å². The number of tetrazole rings is 1. The number of anilines is 1. The fourth-order valence-corrected chi connectivity index (χ4v) is 2.92. The molecule has 10 heteroatoms. The number of aromatic nitrogens is 6. The third kappa shape index (κ3) is 5.57. The van der Waals surface area contributed by atoms with E-state index in [0.717, 1.165) is 12.0 Å². The van der Waals surface area contributed by atoms with Gasteiger partial charge >= 0.3 is 0 Å². The Morgan fingerprint density at radius 2 is 1.78 bits per heavy atom. The van der Waals surface area contributed by atoms with Crippen LogP contribution in [0.3, 0.4) is 0 Å². The van der Waals surface area contributed by atoms with Crippen molar-refractivity contribution in [3.63, 3.8) is 0 Å². The molecule has 0 aliphatic heterocycles. The molecule has 4 aromatic rings. The Balaban J connectivity index is 1.29. The van der Waals surface area contributed by atoms with Crippen LogP contribution in [0, 0.1) is 0 Å². The highest BCUT2D eigenvalue weighted by Gasteiger charge is 2.11. The van der Waals surface area contributed by atoms with Crippen LogP contribution in [0.4, 0.5) is 5.69 Å². The first kappa shape index (κ1) is 20.8. The molecule has 160 valence electrons. The molecule has 0 saturated heterocycles. The van der Waals surface area contributed by atoms with E-state index in [4.69, 9.17) is 0 Å². The first-order chi connectivity index (χ1) is 15.7. The summed E-state index contributed by atoms with van der Waals surface area (Å²) in [6, 6.07) is 16.9. The van der Waals surface area contributed by atoms with Gasteiger partial charge in [0.2, 0.25) is 11.7 Å². The van der Waals surface area contributed by atoms with Crippen molar-refractivity contribution in [2.75, 3.05) is 11.9 Å². The molecule has 2 heterocycles. The maximum Gasteiger partial charge on any atom is 0.275 e. The Hall–Kier alpha value is -4.47. The molecular formula is C22H20N8O2. The smallest absolute Gasteiger partial charge is 0.275 e. The number of nitrogens with one attached hydrogen (secondary N) is 2. The van der Waals surface area contributed by atoms with Crippen molar-refractivity contribution in [2.24, 2.45) is 0 Å². The first-order valence-electron chi connectivity index (χ1n) is 9.93. The zero-order valence-corrected chi connectivity index (χ0v) is 17.0. The summed E-state index contributed by atoms with van der Waals surface area (Å²) in [5.41, 5.74) is 2.68. The summed E-state index contributed by atoms with van der Waals surface area (Å²) in [4.78, 5) is 33.3. The normalized spacial score (nSPS) is 10.5. The molecule has 0 bridgehead atoms. The van der Waals surface area contributed by atoms with Crippen LogP contribution in [-0.4, -0.2) is 48.5 Å². The highest BCUT2D eigenvalue weighted by molar-refractivity contribution is 6.02. The van der Waals surface area contributed by atoms with E-state index in [1.165, 1.54) is 23.4 Å². The summed E-state index contributed by atoms with van der Waals surface area (Å²) >= 11 is 0. The average molecular weight is 428 g/mol. The lowest BCUT2D eigenvalue weighted by Crippen LogP contribution is -2.30. The van der Waals surface area contributed by atoms with E-state index >= 15 is 0 Å². The maximum atomic E-state index is 12.1. The predicted molar refractivity (Wildman–Crippen MR) is 116 cm³/mol. The molecule has 0 radical (unpaired) electrons. The van der Waals surface area contributed by atoms with E-state index in [0.29, 0.717) is 23.6 Å². The summed E-state index contributed by atoms with van der Waals surface area (Å²) < 4.78 is 0. The third-order valence-electron chi connectivity index (χ3n) is 4.51. The van der Waals surface area contributed by atoms with Crippen LogP contribution in [0.25, 0.3) is 11.4 Å². The van der Waals surface area contributed by atoms with E-state index in [1.54, 1.807) is 24.3 Å². The maximum absolute atomic E-state index is 12.1. The molecule has 0 aliphatic rings. The van der Waals surface area contributed by atoms with Crippen LogP contribution in [0.15, 0.2) is 73.2 Å². The van der Waals surface area contributed by atoms with Crippen LogP contribution in [-0.2, 0) is 17.8 Å². The van der Waals surface area contributed by atoms with E-state index < -0.39 is 0 Å². The molecule has 0 aliphatic carbocycles. The number of nitrogens with zero attached hydrogens (tertiary/aromatic N) is 6. The molecule has 2 aromatic carbocycles. The summed E-state index contributed by atoms with van der Waals surface area (Å²) in [6.45, 7) is 0.514. The van der Waals surface area contributed by atoms with Crippen molar-refractivity contribution in [1.82, 2.24) is 35.5 Å². The van der Waals surface area contributed by atoms with Crippen LogP contribution in [0.1, 0.15) is 16.1 Å². The molecule has 0 saturated carbocycles. The van der Waals surface area contributed by atoms with Gasteiger partial charge in [-0.3, -0.25) is 14.6 Å². The highest BCUT2D eigenvalue weighted by Crippen LogP contribution is 2.17. The molecule has 0 spiro atoms. The predicted octanol–water partition coefficient (Wildman–Crippen LogP) is 1.74. The van der Waals surface area contributed by atoms with E-state index in [-0.39, 0.29) is 24.1 Å². The van der Waals surface area contributed by atoms with Crippen molar-refractivity contribution in [1.29, 1.82) is 0 Å². The molecule has 4 rings (SSSR count). The lowest BCUT2D eigenvalue weighted by molar-refractivity contribution is -0.122. The lowest BCUT2D eigenvalue weighted by Gasteiger charge is -2.05. The molecule has 2 N–H and O–H groups in total. The molecule has 32 heavy (non-hydrogen) atoms. The highest BCUT2D eigenvalue weighted by atomic mass is 16.2. The van der Waals surface area contributed by atoms with Crippen molar-refractivity contribution in [3.8, 4) is 11.4 Å². The second-order valence-electron chi connectivity index (χ2n) is 6.85. The van der Waals surface area contributed by atoms with Crippen LogP contribution < -0.4 is 10.6 Å². The van der Waals surface area contributed by atoms with E-state index in [1.807, 2.05) is 30.3 Å². The first-order valence-corrected chi connectivity index (χ1v) is 9.93.